The number of hydrazine groups is 1. The zero-order valence-electron chi connectivity index (χ0n) is 9.85. The summed E-state index contributed by atoms with van der Waals surface area (Å²) in [6.45, 7) is 0.744. The second-order valence-electron chi connectivity index (χ2n) is 3.88. The number of nitrogens with two attached hydrogens (primary N) is 1. The summed E-state index contributed by atoms with van der Waals surface area (Å²) in [5, 5.41) is 0. The van der Waals surface area contributed by atoms with E-state index in [-0.39, 0.29) is 6.04 Å². The minimum atomic E-state index is 0.00712. The average Bonchev–Trinajstić information content (AvgIpc) is 2.90. The molecule has 92 valence electrons. The summed E-state index contributed by atoms with van der Waals surface area (Å²) in [5.74, 6) is 7.07. The van der Waals surface area contributed by atoms with Crippen molar-refractivity contribution in [1.82, 2.24) is 10.4 Å². The Labute approximate surface area is 101 Å². The van der Waals surface area contributed by atoms with Crippen LogP contribution in [0.25, 0.3) is 0 Å². The van der Waals surface area contributed by atoms with Gasteiger partial charge in [0.15, 0.2) is 0 Å². The lowest BCUT2D eigenvalue weighted by Gasteiger charge is -2.17. The van der Waals surface area contributed by atoms with Gasteiger partial charge in [-0.1, -0.05) is 6.07 Å². The van der Waals surface area contributed by atoms with E-state index in [1.54, 1.807) is 13.3 Å². The lowest BCUT2D eigenvalue weighted by Crippen LogP contribution is -2.38. The van der Waals surface area contributed by atoms with Crippen LogP contribution in [0.15, 0.2) is 30.2 Å². The maximum absolute atomic E-state index is 5.54. The number of nitrogens with one attached hydrogen (secondary N) is 1. The molecule has 0 aromatic carbocycles. The Morgan fingerprint density at radius 3 is 3.00 bits per heavy atom. The molecule has 0 fully saturated rings. The summed E-state index contributed by atoms with van der Waals surface area (Å²) in [6, 6.07) is 3.83. The zero-order valence-corrected chi connectivity index (χ0v) is 9.85. The predicted octanol–water partition coefficient (Wildman–Crippen LogP) is 0.769. The smallest absolute Gasteiger partial charge is 0.212 e. The number of aromatic nitrogens is 1. The first-order valence-electron chi connectivity index (χ1n) is 5.61. The number of hydrogen-bond acceptors (Lipinski definition) is 5. The number of methoxy groups -OCH3 is 1. The van der Waals surface area contributed by atoms with Crippen LogP contribution in [0.2, 0.25) is 0 Å². The standard InChI is InChI=1S/C12H17N3O2/c1-16-12-5-4-9(8-14-12)7-10(15-13)11-3-2-6-17-11/h3-5,8,10,15H,2,6-7,13H2,1H3. The van der Waals surface area contributed by atoms with Crippen molar-refractivity contribution in [2.45, 2.75) is 18.9 Å². The third-order valence-corrected chi connectivity index (χ3v) is 2.72. The molecule has 5 heteroatoms. The van der Waals surface area contributed by atoms with Crippen LogP contribution in [-0.2, 0) is 11.2 Å². The van der Waals surface area contributed by atoms with E-state index in [0.717, 1.165) is 30.8 Å². The topological polar surface area (TPSA) is 69.4 Å². The second kappa shape index (κ2) is 5.65. The van der Waals surface area contributed by atoms with Gasteiger partial charge in [0.25, 0.3) is 0 Å². The molecule has 2 rings (SSSR count). The van der Waals surface area contributed by atoms with Crippen LogP contribution in [0.3, 0.4) is 0 Å². The Morgan fingerprint density at radius 1 is 1.59 bits per heavy atom. The van der Waals surface area contributed by atoms with Gasteiger partial charge in [-0.25, -0.2) is 10.4 Å². The SMILES string of the molecule is COc1ccc(CC(NN)C2=CCCO2)cn1. The van der Waals surface area contributed by atoms with Crippen molar-refractivity contribution in [1.29, 1.82) is 0 Å². The van der Waals surface area contributed by atoms with Gasteiger partial charge in [-0.05, 0) is 18.1 Å². The predicted molar refractivity (Wildman–Crippen MR) is 64.3 cm³/mol. The van der Waals surface area contributed by atoms with E-state index in [2.05, 4.69) is 16.5 Å². The van der Waals surface area contributed by atoms with E-state index in [4.69, 9.17) is 15.3 Å². The van der Waals surface area contributed by atoms with Crippen LogP contribution >= 0.6 is 0 Å². The van der Waals surface area contributed by atoms with Crippen molar-refractivity contribution < 1.29 is 9.47 Å². The fourth-order valence-electron chi connectivity index (χ4n) is 1.81. The molecule has 3 N–H and O–H groups in total. The Bertz CT molecular complexity index is 389. The van der Waals surface area contributed by atoms with Crippen molar-refractivity contribution in [3.8, 4) is 5.88 Å². The molecule has 0 spiro atoms. The summed E-state index contributed by atoms with van der Waals surface area (Å²) >= 11 is 0. The largest absolute Gasteiger partial charge is 0.496 e. The third-order valence-electron chi connectivity index (χ3n) is 2.72. The van der Waals surface area contributed by atoms with Gasteiger partial charge in [0.05, 0.1) is 19.8 Å². The first kappa shape index (κ1) is 11.9. The summed E-state index contributed by atoms with van der Waals surface area (Å²) in [4.78, 5) is 4.16. The Morgan fingerprint density at radius 2 is 2.47 bits per heavy atom. The number of pyridine rings is 1. The van der Waals surface area contributed by atoms with Crippen LogP contribution in [0.5, 0.6) is 5.88 Å². The molecule has 1 unspecified atom stereocenters. The van der Waals surface area contributed by atoms with Crippen LogP contribution in [0, 0.1) is 0 Å². The summed E-state index contributed by atoms with van der Waals surface area (Å²) in [7, 11) is 1.60. The molecule has 0 bridgehead atoms. The molecule has 0 amide bonds. The van der Waals surface area contributed by atoms with E-state index in [1.807, 2.05) is 12.1 Å². The van der Waals surface area contributed by atoms with E-state index >= 15 is 0 Å². The van der Waals surface area contributed by atoms with E-state index in [1.165, 1.54) is 0 Å². The number of hydrogen-bond donors (Lipinski definition) is 2. The second-order valence-corrected chi connectivity index (χ2v) is 3.88. The molecule has 5 nitrogen and oxygen atoms in total. The molecular formula is C12H17N3O2. The maximum atomic E-state index is 5.54. The van der Waals surface area contributed by atoms with Gasteiger partial charge in [-0.3, -0.25) is 5.84 Å². The fraction of sp³-hybridized carbons (Fsp3) is 0.417. The molecule has 0 saturated heterocycles. The number of rotatable bonds is 5. The molecule has 1 aromatic heterocycles. The Kier molecular flexibility index (Phi) is 3.95. The van der Waals surface area contributed by atoms with Crippen LogP contribution in [0.4, 0.5) is 0 Å². The highest BCUT2D eigenvalue weighted by atomic mass is 16.5. The highest BCUT2D eigenvalue weighted by Crippen LogP contribution is 2.17. The maximum Gasteiger partial charge on any atom is 0.212 e. The first-order chi connectivity index (χ1) is 8.33. The molecule has 17 heavy (non-hydrogen) atoms. The van der Waals surface area contributed by atoms with Gasteiger partial charge in [0.1, 0.15) is 5.76 Å². The molecule has 0 aliphatic carbocycles. The minimum Gasteiger partial charge on any atom is -0.496 e. The third kappa shape index (κ3) is 2.95. The lowest BCUT2D eigenvalue weighted by molar-refractivity contribution is 0.214. The molecule has 0 radical (unpaired) electrons. The minimum absolute atomic E-state index is 0.00712. The van der Waals surface area contributed by atoms with Crippen molar-refractivity contribution in [3.63, 3.8) is 0 Å². The summed E-state index contributed by atoms with van der Waals surface area (Å²) in [5.41, 5.74) is 3.86. The van der Waals surface area contributed by atoms with Gasteiger partial charge in [-0.2, -0.15) is 0 Å². The monoisotopic (exact) mass is 235 g/mol. The van der Waals surface area contributed by atoms with Crippen LogP contribution in [0.1, 0.15) is 12.0 Å². The normalized spacial score (nSPS) is 16.2. The number of nitrogens with zero attached hydrogens (tertiary/aromatic N) is 1. The van der Waals surface area contributed by atoms with Crippen molar-refractivity contribution in [2.75, 3.05) is 13.7 Å². The highest BCUT2D eigenvalue weighted by Gasteiger charge is 2.18. The molecule has 1 atom stereocenters. The van der Waals surface area contributed by atoms with E-state index in [0.29, 0.717) is 5.88 Å². The summed E-state index contributed by atoms with van der Waals surface area (Å²) < 4.78 is 10.5. The molecular weight excluding hydrogens is 218 g/mol. The molecule has 2 heterocycles. The molecule has 1 aliphatic rings. The Hall–Kier alpha value is -1.59. The van der Waals surface area contributed by atoms with Gasteiger partial charge in [0, 0.05) is 18.7 Å². The first-order valence-corrected chi connectivity index (χ1v) is 5.61. The molecule has 0 saturated carbocycles. The van der Waals surface area contributed by atoms with Crippen LogP contribution < -0.4 is 16.0 Å². The molecule has 1 aromatic rings. The van der Waals surface area contributed by atoms with Crippen LogP contribution in [-0.4, -0.2) is 24.7 Å². The highest BCUT2D eigenvalue weighted by molar-refractivity contribution is 5.21. The van der Waals surface area contributed by atoms with E-state index < -0.39 is 0 Å². The Balaban J connectivity index is 2.02. The quantitative estimate of drug-likeness (QED) is 0.582. The van der Waals surface area contributed by atoms with E-state index in [9.17, 15) is 0 Å². The zero-order chi connectivity index (χ0) is 12.1. The van der Waals surface area contributed by atoms with Gasteiger partial charge in [-0.15, -0.1) is 0 Å². The fourth-order valence-corrected chi connectivity index (χ4v) is 1.81. The average molecular weight is 235 g/mol. The summed E-state index contributed by atoms with van der Waals surface area (Å²) in [6.07, 6.45) is 5.56. The van der Waals surface area contributed by atoms with Gasteiger partial charge in [0.2, 0.25) is 5.88 Å². The molecule has 1 aliphatic heterocycles. The van der Waals surface area contributed by atoms with Gasteiger partial charge < -0.3 is 9.47 Å². The van der Waals surface area contributed by atoms with Gasteiger partial charge >= 0.3 is 0 Å². The number of ether oxygens (including phenoxy) is 2. The van der Waals surface area contributed by atoms with Crippen molar-refractivity contribution >= 4 is 0 Å². The van der Waals surface area contributed by atoms with Crippen molar-refractivity contribution in [2.24, 2.45) is 5.84 Å². The lowest BCUT2D eigenvalue weighted by atomic mass is 10.1. The van der Waals surface area contributed by atoms with Crippen molar-refractivity contribution in [3.05, 3.63) is 35.7 Å².